The van der Waals surface area contributed by atoms with Gasteiger partial charge in [-0.3, -0.25) is 14.9 Å². The zero-order valence-electron chi connectivity index (χ0n) is 17.9. The molecule has 0 amide bonds. The molecule has 2 aliphatic rings. The lowest BCUT2D eigenvalue weighted by Crippen LogP contribution is -2.34. The molecule has 2 N–H and O–H groups in total. The minimum atomic E-state index is 0.332. The molecule has 0 saturated carbocycles. The van der Waals surface area contributed by atoms with Crippen molar-refractivity contribution in [2.75, 3.05) is 33.8 Å². The van der Waals surface area contributed by atoms with Gasteiger partial charge in [-0.2, -0.15) is 4.98 Å². The lowest BCUT2D eigenvalue weighted by Gasteiger charge is -2.32. The zero-order valence-corrected chi connectivity index (χ0v) is 17.9. The number of nitrogens with zero attached hydrogens (tertiary/aromatic N) is 5. The summed E-state index contributed by atoms with van der Waals surface area (Å²) < 4.78 is 5.27. The number of rotatable bonds is 8. The second kappa shape index (κ2) is 9.84. The van der Waals surface area contributed by atoms with Crippen LogP contribution < -0.4 is 15.4 Å². The molecule has 0 saturated heterocycles. The zero-order chi connectivity index (χ0) is 20.8. The molecule has 3 heterocycles. The quantitative estimate of drug-likeness (QED) is 0.644. The summed E-state index contributed by atoms with van der Waals surface area (Å²) in [5, 5.41) is 6.59. The van der Waals surface area contributed by atoms with Crippen LogP contribution in [-0.4, -0.2) is 59.6 Å². The fourth-order valence-corrected chi connectivity index (χ4v) is 4.24. The first-order valence-electron chi connectivity index (χ1n) is 10.8. The predicted molar refractivity (Wildman–Crippen MR) is 117 cm³/mol. The number of hydrogen-bond donors (Lipinski definition) is 2. The molecular weight excluding hydrogens is 378 g/mol. The molecule has 1 aliphatic heterocycles. The van der Waals surface area contributed by atoms with Crippen molar-refractivity contribution in [1.82, 2.24) is 30.5 Å². The molecule has 0 aromatic carbocycles. The highest BCUT2D eigenvalue weighted by Crippen LogP contribution is 2.33. The van der Waals surface area contributed by atoms with Gasteiger partial charge in [-0.25, -0.2) is 4.98 Å². The Morgan fingerprint density at radius 2 is 2.27 bits per heavy atom. The number of methoxy groups -OCH3 is 1. The Morgan fingerprint density at radius 1 is 1.33 bits per heavy atom. The van der Waals surface area contributed by atoms with Crippen LogP contribution in [0.1, 0.15) is 47.8 Å². The van der Waals surface area contributed by atoms with Gasteiger partial charge in [-0.15, -0.1) is 0 Å². The molecule has 1 unspecified atom stereocenters. The van der Waals surface area contributed by atoms with Crippen LogP contribution in [0.3, 0.4) is 0 Å². The number of hydrogen-bond acceptors (Lipinski definition) is 8. The topological polar surface area (TPSA) is 87.6 Å². The maximum Gasteiger partial charge on any atom is 0.316 e. The van der Waals surface area contributed by atoms with Gasteiger partial charge < -0.3 is 15.4 Å². The Kier molecular flexibility index (Phi) is 6.74. The van der Waals surface area contributed by atoms with Crippen molar-refractivity contribution in [3.63, 3.8) is 0 Å². The van der Waals surface area contributed by atoms with Crippen molar-refractivity contribution < 1.29 is 4.74 Å². The van der Waals surface area contributed by atoms with Gasteiger partial charge in [-0.1, -0.05) is 6.07 Å². The van der Waals surface area contributed by atoms with E-state index in [9.17, 15) is 0 Å². The average Bonchev–Trinajstić information content (AvgIpc) is 3.30. The number of aryl methyl sites for hydroxylation is 2. The third-order valence-corrected chi connectivity index (χ3v) is 5.79. The normalized spacial score (nSPS) is 18.0. The molecule has 160 valence electrons. The van der Waals surface area contributed by atoms with Crippen LogP contribution in [-0.2, 0) is 19.4 Å². The SMILES string of the molecule is COc1ncc(CN(C)C2CCCc3cccnc32)c(CCCNC2=NCCN2)n1. The van der Waals surface area contributed by atoms with E-state index in [4.69, 9.17) is 9.72 Å². The Morgan fingerprint density at radius 3 is 3.10 bits per heavy atom. The molecule has 2 aromatic rings. The smallest absolute Gasteiger partial charge is 0.316 e. The van der Waals surface area contributed by atoms with E-state index in [-0.39, 0.29) is 0 Å². The molecule has 0 bridgehead atoms. The Balaban J connectivity index is 1.42. The van der Waals surface area contributed by atoms with Gasteiger partial charge >= 0.3 is 6.01 Å². The molecule has 0 fully saturated rings. The fourth-order valence-electron chi connectivity index (χ4n) is 4.24. The van der Waals surface area contributed by atoms with E-state index >= 15 is 0 Å². The minimum Gasteiger partial charge on any atom is -0.467 e. The Hall–Kier alpha value is -2.74. The van der Waals surface area contributed by atoms with Gasteiger partial charge in [0.2, 0.25) is 0 Å². The van der Waals surface area contributed by atoms with Gasteiger partial charge in [0.1, 0.15) is 0 Å². The van der Waals surface area contributed by atoms with Gasteiger partial charge in [0.15, 0.2) is 5.96 Å². The number of ether oxygens (including phenoxy) is 1. The summed E-state index contributed by atoms with van der Waals surface area (Å²) in [6.07, 6.45) is 9.10. The minimum absolute atomic E-state index is 0.332. The van der Waals surface area contributed by atoms with Crippen molar-refractivity contribution in [3.05, 3.63) is 47.0 Å². The maximum absolute atomic E-state index is 5.27. The molecule has 8 heteroatoms. The summed E-state index contributed by atoms with van der Waals surface area (Å²) in [6.45, 7) is 3.41. The standard InChI is InChI=1S/C22H31N7O/c1-29(19-9-3-6-16-7-4-10-23-20(16)19)15-17-14-27-22(30-2)28-18(17)8-5-11-24-21-25-12-13-26-21/h4,7,10,14,19H,3,5-6,8-9,11-13,15H2,1-2H3,(H2,24,25,26). The van der Waals surface area contributed by atoms with Crippen molar-refractivity contribution >= 4 is 5.96 Å². The lowest BCUT2D eigenvalue weighted by molar-refractivity contribution is 0.207. The van der Waals surface area contributed by atoms with Crippen LogP contribution in [0.4, 0.5) is 0 Å². The number of nitrogens with one attached hydrogen (secondary N) is 2. The van der Waals surface area contributed by atoms with Crippen LogP contribution in [0.2, 0.25) is 0 Å². The number of aliphatic imine (C=N–C) groups is 1. The Bertz CT molecular complexity index is 886. The first kappa shape index (κ1) is 20.5. The van der Waals surface area contributed by atoms with E-state index in [0.29, 0.717) is 12.1 Å². The van der Waals surface area contributed by atoms with Crippen molar-refractivity contribution in [2.24, 2.45) is 4.99 Å². The summed E-state index contributed by atoms with van der Waals surface area (Å²) >= 11 is 0. The first-order chi connectivity index (χ1) is 14.7. The van der Waals surface area contributed by atoms with Crippen LogP contribution >= 0.6 is 0 Å². The molecule has 1 aliphatic carbocycles. The summed E-state index contributed by atoms with van der Waals surface area (Å²) in [5.74, 6) is 0.902. The van der Waals surface area contributed by atoms with Gasteiger partial charge in [0.05, 0.1) is 31.1 Å². The van der Waals surface area contributed by atoms with E-state index < -0.39 is 0 Å². The van der Waals surface area contributed by atoms with Gasteiger partial charge in [-0.05, 0) is 50.8 Å². The molecule has 0 spiro atoms. The maximum atomic E-state index is 5.27. The average molecular weight is 410 g/mol. The third-order valence-electron chi connectivity index (χ3n) is 5.79. The molecule has 4 rings (SSSR count). The molecule has 0 radical (unpaired) electrons. The summed E-state index contributed by atoms with van der Waals surface area (Å²) in [6, 6.07) is 5.01. The van der Waals surface area contributed by atoms with E-state index in [1.165, 1.54) is 17.7 Å². The number of pyridine rings is 1. The van der Waals surface area contributed by atoms with Crippen molar-refractivity contribution in [1.29, 1.82) is 0 Å². The van der Waals surface area contributed by atoms with E-state index in [0.717, 1.165) is 69.1 Å². The van der Waals surface area contributed by atoms with E-state index in [1.807, 2.05) is 18.5 Å². The van der Waals surface area contributed by atoms with Crippen LogP contribution in [0.15, 0.2) is 29.5 Å². The fraction of sp³-hybridized carbons (Fsp3) is 0.545. The van der Waals surface area contributed by atoms with E-state index in [2.05, 4.69) is 43.6 Å². The van der Waals surface area contributed by atoms with Gasteiger partial charge in [0.25, 0.3) is 0 Å². The van der Waals surface area contributed by atoms with Crippen molar-refractivity contribution in [2.45, 2.75) is 44.7 Å². The summed E-state index contributed by atoms with van der Waals surface area (Å²) in [4.78, 5) is 20.5. The summed E-state index contributed by atoms with van der Waals surface area (Å²) in [5.41, 5.74) is 4.80. The second-order valence-electron chi connectivity index (χ2n) is 7.89. The van der Waals surface area contributed by atoms with Gasteiger partial charge in [0, 0.05) is 37.6 Å². The largest absolute Gasteiger partial charge is 0.467 e. The van der Waals surface area contributed by atoms with E-state index in [1.54, 1.807) is 7.11 Å². The second-order valence-corrected chi connectivity index (χ2v) is 7.89. The lowest BCUT2D eigenvalue weighted by atomic mass is 9.91. The number of aromatic nitrogens is 3. The monoisotopic (exact) mass is 409 g/mol. The highest BCUT2D eigenvalue weighted by atomic mass is 16.5. The summed E-state index contributed by atoms with van der Waals surface area (Å²) in [7, 11) is 3.79. The molecule has 8 nitrogen and oxygen atoms in total. The molecule has 30 heavy (non-hydrogen) atoms. The Labute approximate surface area is 178 Å². The van der Waals surface area contributed by atoms with Crippen molar-refractivity contribution in [3.8, 4) is 6.01 Å². The highest BCUT2D eigenvalue weighted by molar-refractivity contribution is 5.81. The van der Waals surface area contributed by atoms with Crippen LogP contribution in [0.25, 0.3) is 0 Å². The van der Waals surface area contributed by atoms with Crippen LogP contribution in [0.5, 0.6) is 6.01 Å². The first-order valence-corrected chi connectivity index (χ1v) is 10.8. The molecule has 2 aromatic heterocycles. The molecule has 1 atom stereocenters. The third kappa shape index (κ3) is 4.87. The number of fused-ring (bicyclic) bond motifs is 1. The predicted octanol–water partition coefficient (Wildman–Crippen LogP) is 1.87. The molecular formula is C22H31N7O. The van der Waals surface area contributed by atoms with Crippen LogP contribution in [0, 0.1) is 0 Å². The number of guanidine groups is 1. The highest BCUT2D eigenvalue weighted by Gasteiger charge is 2.25.